The molecule has 0 fully saturated rings. The number of amides is 1. The second kappa shape index (κ2) is 7.34. The third kappa shape index (κ3) is 7.21. The van der Waals surface area contributed by atoms with Crippen molar-refractivity contribution in [3.05, 3.63) is 29.8 Å². The molecule has 0 heterocycles. The summed E-state index contributed by atoms with van der Waals surface area (Å²) in [6, 6.07) is 5.84. The highest BCUT2D eigenvalue weighted by Crippen LogP contribution is 2.13. The molecule has 1 aromatic rings. The Morgan fingerprint density at radius 1 is 1.20 bits per heavy atom. The van der Waals surface area contributed by atoms with Gasteiger partial charge in [0.25, 0.3) is 0 Å². The van der Waals surface area contributed by atoms with Gasteiger partial charge in [-0.25, -0.2) is 4.79 Å². The molecule has 1 unspecified atom stereocenters. The predicted molar refractivity (Wildman–Crippen MR) is 62.7 cm³/mol. The Morgan fingerprint density at radius 2 is 1.60 bits per heavy atom. The Hall–Kier alpha value is -2.29. The standard InChI is InChI=1S/C9H12N2O2.C2HF3O2/c10-8(9(11)13)5-6-1-3-7(12)4-2-6;3-2(4,5)1(6)7/h1-4,8,12H,5,10H2,(H2,11,13);(H,6,7). The molecule has 0 aliphatic carbocycles. The van der Waals surface area contributed by atoms with Crippen molar-refractivity contribution in [2.24, 2.45) is 11.5 Å². The van der Waals surface area contributed by atoms with Gasteiger partial charge in [0, 0.05) is 0 Å². The predicted octanol–water partition coefficient (Wildman–Crippen LogP) is 0.381. The monoisotopic (exact) mass is 294 g/mol. The van der Waals surface area contributed by atoms with E-state index in [0.29, 0.717) is 6.42 Å². The maximum atomic E-state index is 10.6. The number of hydrogen-bond donors (Lipinski definition) is 4. The Morgan fingerprint density at radius 3 is 1.90 bits per heavy atom. The normalized spacial score (nSPS) is 12.0. The highest BCUT2D eigenvalue weighted by atomic mass is 19.4. The summed E-state index contributed by atoms with van der Waals surface area (Å²) in [7, 11) is 0. The van der Waals surface area contributed by atoms with Gasteiger partial charge in [0.1, 0.15) is 5.75 Å². The SMILES string of the molecule is NC(=O)C(N)Cc1ccc(O)cc1.O=C(O)C(F)(F)F. The molecule has 0 radical (unpaired) electrons. The molecule has 6 N–H and O–H groups in total. The quantitative estimate of drug-likeness (QED) is 0.641. The van der Waals surface area contributed by atoms with Gasteiger partial charge in [-0.05, 0) is 24.1 Å². The minimum atomic E-state index is -5.08. The average Bonchev–Trinajstić information content (AvgIpc) is 2.31. The van der Waals surface area contributed by atoms with Crippen LogP contribution in [0.3, 0.4) is 0 Å². The van der Waals surface area contributed by atoms with E-state index in [2.05, 4.69) is 0 Å². The van der Waals surface area contributed by atoms with Crippen LogP contribution in [-0.2, 0) is 16.0 Å². The minimum Gasteiger partial charge on any atom is -0.508 e. The summed E-state index contributed by atoms with van der Waals surface area (Å²) in [5.41, 5.74) is 11.3. The van der Waals surface area contributed by atoms with Crippen LogP contribution >= 0.6 is 0 Å². The summed E-state index contributed by atoms with van der Waals surface area (Å²) in [5.74, 6) is -3.09. The van der Waals surface area contributed by atoms with Crippen molar-refractivity contribution in [1.82, 2.24) is 0 Å². The molecule has 0 aliphatic heterocycles. The molecule has 0 saturated heterocycles. The van der Waals surface area contributed by atoms with Crippen LogP contribution in [0.1, 0.15) is 5.56 Å². The van der Waals surface area contributed by atoms with Crippen LogP contribution in [0.25, 0.3) is 0 Å². The van der Waals surface area contributed by atoms with Crippen molar-refractivity contribution in [2.45, 2.75) is 18.6 Å². The number of halogens is 3. The van der Waals surface area contributed by atoms with Gasteiger partial charge in [0.05, 0.1) is 6.04 Å². The van der Waals surface area contributed by atoms with Gasteiger partial charge in [-0.3, -0.25) is 4.79 Å². The Balaban J connectivity index is 0.000000441. The Labute approximate surface area is 111 Å². The topological polar surface area (TPSA) is 127 Å². The number of nitrogens with two attached hydrogens (primary N) is 2. The number of phenols is 1. The zero-order valence-corrected chi connectivity index (χ0v) is 10.1. The van der Waals surface area contributed by atoms with E-state index in [9.17, 15) is 18.0 Å². The number of aliphatic carboxylic acids is 1. The molecule has 9 heteroatoms. The first kappa shape index (κ1) is 17.7. The lowest BCUT2D eigenvalue weighted by atomic mass is 10.1. The second-order valence-electron chi connectivity index (χ2n) is 3.68. The molecule has 0 bridgehead atoms. The number of carbonyl (C=O) groups excluding carboxylic acids is 1. The van der Waals surface area contributed by atoms with E-state index in [-0.39, 0.29) is 5.75 Å². The van der Waals surface area contributed by atoms with Crippen LogP contribution in [0, 0.1) is 0 Å². The van der Waals surface area contributed by atoms with E-state index in [0.717, 1.165) is 5.56 Å². The average molecular weight is 294 g/mol. The number of carbonyl (C=O) groups is 2. The van der Waals surface area contributed by atoms with E-state index in [1.807, 2.05) is 0 Å². The number of aromatic hydroxyl groups is 1. The molecule has 0 saturated carbocycles. The van der Waals surface area contributed by atoms with Gasteiger partial charge in [0.2, 0.25) is 5.91 Å². The van der Waals surface area contributed by atoms with Gasteiger partial charge in [-0.1, -0.05) is 12.1 Å². The number of rotatable bonds is 3. The fourth-order valence-corrected chi connectivity index (χ4v) is 0.987. The van der Waals surface area contributed by atoms with Gasteiger partial charge in [-0.15, -0.1) is 0 Å². The Bertz CT molecular complexity index is 460. The number of hydrogen-bond acceptors (Lipinski definition) is 4. The van der Waals surface area contributed by atoms with Crippen LogP contribution < -0.4 is 11.5 Å². The van der Waals surface area contributed by atoms with Crippen LogP contribution in [0.5, 0.6) is 5.75 Å². The fraction of sp³-hybridized carbons (Fsp3) is 0.273. The fourth-order valence-electron chi connectivity index (χ4n) is 0.987. The number of phenolic OH excluding ortho intramolecular Hbond substituents is 1. The van der Waals surface area contributed by atoms with Crippen molar-refractivity contribution in [3.8, 4) is 5.75 Å². The number of alkyl halides is 3. The van der Waals surface area contributed by atoms with Crippen LogP contribution in [0.4, 0.5) is 13.2 Å². The smallest absolute Gasteiger partial charge is 0.490 e. The molecule has 0 aliphatic rings. The molecule has 6 nitrogen and oxygen atoms in total. The molecule has 20 heavy (non-hydrogen) atoms. The van der Waals surface area contributed by atoms with Crippen molar-refractivity contribution in [1.29, 1.82) is 0 Å². The summed E-state index contributed by atoms with van der Waals surface area (Å²) < 4.78 is 31.7. The molecule has 1 amide bonds. The third-order valence-electron chi connectivity index (χ3n) is 2.00. The maximum absolute atomic E-state index is 10.6. The first-order valence-electron chi connectivity index (χ1n) is 5.17. The molecular weight excluding hydrogens is 281 g/mol. The van der Waals surface area contributed by atoms with Gasteiger partial charge >= 0.3 is 12.1 Å². The van der Waals surface area contributed by atoms with Crippen LogP contribution in [0.15, 0.2) is 24.3 Å². The second-order valence-corrected chi connectivity index (χ2v) is 3.68. The zero-order chi connectivity index (χ0) is 15.9. The number of benzene rings is 1. The van der Waals surface area contributed by atoms with E-state index in [4.69, 9.17) is 26.5 Å². The molecule has 112 valence electrons. The highest BCUT2D eigenvalue weighted by Gasteiger charge is 2.38. The first-order valence-corrected chi connectivity index (χ1v) is 5.17. The van der Waals surface area contributed by atoms with E-state index in [1.165, 1.54) is 0 Å². The van der Waals surface area contributed by atoms with Gasteiger partial charge in [-0.2, -0.15) is 13.2 Å². The highest BCUT2D eigenvalue weighted by molar-refractivity contribution is 5.79. The lowest BCUT2D eigenvalue weighted by Gasteiger charge is -2.06. The van der Waals surface area contributed by atoms with Crippen molar-refractivity contribution in [3.63, 3.8) is 0 Å². The molecule has 0 spiro atoms. The number of carboxylic acid groups (broad SMARTS) is 1. The van der Waals surface area contributed by atoms with Crippen LogP contribution in [-0.4, -0.2) is 34.3 Å². The number of carboxylic acids is 1. The Kier molecular flexibility index (Phi) is 6.50. The lowest BCUT2D eigenvalue weighted by molar-refractivity contribution is -0.192. The van der Waals surface area contributed by atoms with E-state index in [1.54, 1.807) is 24.3 Å². The molecule has 0 aromatic heterocycles. The van der Waals surface area contributed by atoms with Crippen molar-refractivity contribution in [2.75, 3.05) is 0 Å². The summed E-state index contributed by atoms with van der Waals surface area (Å²) in [4.78, 5) is 19.5. The summed E-state index contributed by atoms with van der Waals surface area (Å²) in [6.45, 7) is 0. The lowest BCUT2D eigenvalue weighted by Crippen LogP contribution is -2.38. The van der Waals surface area contributed by atoms with Crippen molar-refractivity contribution < 1.29 is 33.0 Å². The number of primary amides is 1. The summed E-state index contributed by atoms with van der Waals surface area (Å²) in [6.07, 6.45) is -4.68. The largest absolute Gasteiger partial charge is 0.508 e. The van der Waals surface area contributed by atoms with Gasteiger partial charge < -0.3 is 21.7 Å². The summed E-state index contributed by atoms with van der Waals surface area (Å²) >= 11 is 0. The molecule has 1 atom stereocenters. The molecular formula is C11H13F3N2O4. The third-order valence-corrected chi connectivity index (χ3v) is 2.00. The first-order chi connectivity index (χ1) is 9.04. The van der Waals surface area contributed by atoms with E-state index < -0.39 is 24.1 Å². The van der Waals surface area contributed by atoms with Crippen LogP contribution in [0.2, 0.25) is 0 Å². The molecule has 1 rings (SSSR count). The van der Waals surface area contributed by atoms with Crippen molar-refractivity contribution >= 4 is 11.9 Å². The zero-order valence-electron chi connectivity index (χ0n) is 10.1. The maximum Gasteiger partial charge on any atom is 0.490 e. The van der Waals surface area contributed by atoms with E-state index >= 15 is 0 Å². The minimum absolute atomic E-state index is 0.191. The van der Waals surface area contributed by atoms with Gasteiger partial charge in [0.15, 0.2) is 0 Å². The molecule has 1 aromatic carbocycles. The summed E-state index contributed by atoms with van der Waals surface area (Å²) in [5, 5.41) is 16.1.